The topological polar surface area (TPSA) is 34.1 Å². The molecule has 0 amide bonds. The molecule has 5 aliphatic rings. The zero-order valence-electron chi connectivity index (χ0n) is 11.3. The van der Waals surface area contributed by atoms with E-state index in [4.69, 9.17) is 0 Å². The predicted octanol–water partition coefficient (Wildman–Crippen LogP) is 3.14. The molecular formula is C19H12O2. The second-order valence-corrected chi connectivity index (χ2v) is 5.97. The van der Waals surface area contributed by atoms with Crippen molar-refractivity contribution in [2.24, 2.45) is 0 Å². The second-order valence-electron chi connectivity index (χ2n) is 5.97. The summed E-state index contributed by atoms with van der Waals surface area (Å²) in [5.74, 6) is -0.0579. The Balaban J connectivity index is 1.87. The summed E-state index contributed by atoms with van der Waals surface area (Å²) < 4.78 is 0. The third-order valence-electron chi connectivity index (χ3n) is 5.07. The molecule has 0 fully saturated rings. The van der Waals surface area contributed by atoms with E-state index in [9.17, 15) is 9.59 Å². The smallest absolute Gasteiger partial charge is 0.183 e. The van der Waals surface area contributed by atoms with Crippen LogP contribution in [-0.4, -0.2) is 11.6 Å². The van der Waals surface area contributed by atoms with Crippen molar-refractivity contribution in [3.05, 3.63) is 82.0 Å². The minimum atomic E-state index is -0.0450. The van der Waals surface area contributed by atoms with Gasteiger partial charge in [0.25, 0.3) is 0 Å². The summed E-state index contributed by atoms with van der Waals surface area (Å²) in [5, 5.41) is 0. The maximum Gasteiger partial charge on any atom is 0.183 e. The number of carbonyl (C=O) groups excluding carboxylic acids is 2. The molecule has 1 aromatic rings. The van der Waals surface area contributed by atoms with Crippen LogP contribution in [-0.2, 0) is 9.59 Å². The first-order valence-electron chi connectivity index (χ1n) is 7.26. The standard InChI is InChI=1S/C19H12O2/c20-14-8-9-15(21)19-17-11-5-2-1-4-10(11)16(18(14)19)12-6-3-7-13(12)17/h1-6,8-9,16-17H,7H2. The van der Waals surface area contributed by atoms with Crippen LogP contribution in [0.15, 0.2) is 70.9 Å². The van der Waals surface area contributed by atoms with Gasteiger partial charge in [-0.1, -0.05) is 42.0 Å². The zero-order chi connectivity index (χ0) is 14.1. The Labute approximate surface area is 122 Å². The highest BCUT2D eigenvalue weighted by Crippen LogP contribution is 2.58. The summed E-state index contributed by atoms with van der Waals surface area (Å²) in [5.41, 5.74) is 6.41. The number of hydrogen-bond donors (Lipinski definition) is 0. The lowest BCUT2D eigenvalue weighted by Gasteiger charge is -2.42. The van der Waals surface area contributed by atoms with Gasteiger partial charge in [0.2, 0.25) is 0 Å². The van der Waals surface area contributed by atoms with E-state index >= 15 is 0 Å². The summed E-state index contributed by atoms with van der Waals surface area (Å²) in [6.07, 6.45) is 8.06. The van der Waals surface area contributed by atoms with Gasteiger partial charge in [-0.2, -0.15) is 0 Å². The highest BCUT2D eigenvalue weighted by molar-refractivity contribution is 6.23. The first-order chi connectivity index (χ1) is 10.3. The number of hydrogen-bond acceptors (Lipinski definition) is 2. The van der Waals surface area contributed by atoms with E-state index in [0.717, 1.165) is 17.6 Å². The molecule has 0 spiro atoms. The van der Waals surface area contributed by atoms with E-state index in [0.29, 0.717) is 0 Å². The third kappa shape index (κ3) is 1.19. The number of carbonyl (C=O) groups is 2. The Hall–Kier alpha value is -2.48. The van der Waals surface area contributed by atoms with Gasteiger partial charge < -0.3 is 0 Å². The van der Waals surface area contributed by atoms with Crippen molar-refractivity contribution in [3.8, 4) is 0 Å². The lowest BCUT2D eigenvalue weighted by molar-refractivity contribution is -0.115. The van der Waals surface area contributed by atoms with Crippen LogP contribution >= 0.6 is 0 Å². The van der Waals surface area contributed by atoms with Crippen LogP contribution in [0.1, 0.15) is 29.4 Å². The average molecular weight is 272 g/mol. The monoisotopic (exact) mass is 272 g/mol. The lowest BCUT2D eigenvalue weighted by atomic mass is 9.59. The maximum absolute atomic E-state index is 12.4. The van der Waals surface area contributed by atoms with Crippen LogP contribution < -0.4 is 0 Å². The first-order valence-corrected chi connectivity index (χ1v) is 7.26. The van der Waals surface area contributed by atoms with Crippen LogP contribution in [0.2, 0.25) is 0 Å². The van der Waals surface area contributed by atoms with Crippen LogP contribution in [0.4, 0.5) is 0 Å². The fourth-order valence-electron chi connectivity index (χ4n) is 4.33. The van der Waals surface area contributed by atoms with Crippen molar-refractivity contribution in [1.82, 2.24) is 0 Å². The molecule has 6 rings (SSSR count). The molecule has 100 valence electrons. The molecule has 2 bridgehead atoms. The molecule has 1 aromatic carbocycles. The fourth-order valence-corrected chi connectivity index (χ4v) is 4.33. The zero-order valence-corrected chi connectivity index (χ0v) is 11.3. The van der Waals surface area contributed by atoms with Gasteiger partial charge in [0, 0.05) is 23.0 Å². The van der Waals surface area contributed by atoms with Gasteiger partial charge in [-0.25, -0.2) is 0 Å². The van der Waals surface area contributed by atoms with Crippen molar-refractivity contribution >= 4 is 11.6 Å². The van der Waals surface area contributed by atoms with Crippen molar-refractivity contribution in [2.75, 3.05) is 0 Å². The van der Waals surface area contributed by atoms with E-state index in [2.05, 4.69) is 24.3 Å². The SMILES string of the molecule is O=C1C=CC(=O)C2=C1C1C3=C(CC=C3)C2c2ccccc21. The van der Waals surface area contributed by atoms with E-state index < -0.39 is 0 Å². The third-order valence-corrected chi connectivity index (χ3v) is 5.07. The minimum absolute atomic E-state index is 0.000882. The number of allylic oxidation sites excluding steroid dienone is 8. The van der Waals surface area contributed by atoms with Gasteiger partial charge in [-0.05, 0) is 35.3 Å². The Morgan fingerprint density at radius 2 is 1.43 bits per heavy atom. The molecule has 21 heavy (non-hydrogen) atoms. The molecule has 2 unspecified atom stereocenters. The summed E-state index contributed by atoms with van der Waals surface area (Å²) >= 11 is 0. The predicted molar refractivity (Wildman–Crippen MR) is 78.9 cm³/mol. The largest absolute Gasteiger partial charge is 0.290 e. The van der Waals surface area contributed by atoms with Gasteiger partial charge >= 0.3 is 0 Å². The van der Waals surface area contributed by atoms with Crippen molar-refractivity contribution in [1.29, 1.82) is 0 Å². The number of ketones is 2. The summed E-state index contributed by atoms with van der Waals surface area (Å²) in [7, 11) is 0. The Morgan fingerprint density at radius 3 is 2.14 bits per heavy atom. The number of rotatable bonds is 0. The summed E-state index contributed by atoms with van der Waals surface area (Å²) in [4.78, 5) is 24.8. The van der Waals surface area contributed by atoms with Crippen molar-refractivity contribution < 1.29 is 9.59 Å². The quantitative estimate of drug-likeness (QED) is 0.680. The van der Waals surface area contributed by atoms with Gasteiger partial charge in [0.15, 0.2) is 11.6 Å². The summed E-state index contributed by atoms with van der Waals surface area (Å²) in [6, 6.07) is 8.24. The van der Waals surface area contributed by atoms with Crippen molar-refractivity contribution in [3.63, 3.8) is 0 Å². The van der Waals surface area contributed by atoms with Crippen molar-refractivity contribution in [2.45, 2.75) is 18.3 Å². The average Bonchev–Trinajstić information content (AvgIpc) is 3.00. The number of benzene rings is 1. The molecule has 5 aliphatic carbocycles. The molecule has 0 N–H and O–H groups in total. The molecule has 2 heteroatoms. The van der Waals surface area contributed by atoms with Crippen LogP contribution in [0.25, 0.3) is 0 Å². The molecular weight excluding hydrogens is 260 g/mol. The van der Waals surface area contributed by atoms with Crippen LogP contribution in [0.5, 0.6) is 0 Å². The molecule has 0 radical (unpaired) electrons. The van der Waals surface area contributed by atoms with E-state index in [1.807, 2.05) is 12.1 Å². The molecule has 0 aromatic heterocycles. The fraction of sp³-hybridized carbons (Fsp3) is 0.158. The maximum atomic E-state index is 12.4. The van der Waals surface area contributed by atoms with Crippen LogP contribution in [0.3, 0.4) is 0 Å². The van der Waals surface area contributed by atoms with Gasteiger partial charge in [0.05, 0.1) is 0 Å². The lowest BCUT2D eigenvalue weighted by Crippen LogP contribution is -2.34. The normalized spacial score (nSPS) is 28.2. The molecule has 2 atom stereocenters. The highest BCUT2D eigenvalue weighted by atomic mass is 16.1. The molecule has 0 saturated carbocycles. The second kappa shape index (κ2) is 3.59. The highest BCUT2D eigenvalue weighted by Gasteiger charge is 2.48. The Kier molecular flexibility index (Phi) is 1.91. The summed E-state index contributed by atoms with van der Waals surface area (Å²) in [6.45, 7) is 0. The minimum Gasteiger partial charge on any atom is -0.290 e. The first kappa shape index (κ1) is 11.2. The van der Waals surface area contributed by atoms with Gasteiger partial charge in [-0.15, -0.1) is 0 Å². The van der Waals surface area contributed by atoms with E-state index in [-0.39, 0.29) is 23.4 Å². The van der Waals surface area contributed by atoms with Gasteiger partial charge in [0.1, 0.15) is 0 Å². The van der Waals surface area contributed by atoms with Crippen LogP contribution in [0, 0.1) is 0 Å². The Bertz CT molecular complexity index is 861. The molecule has 2 nitrogen and oxygen atoms in total. The molecule has 0 saturated heterocycles. The molecule has 0 aliphatic heterocycles. The van der Waals surface area contributed by atoms with E-state index in [1.54, 1.807) is 0 Å². The molecule has 0 heterocycles. The Morgan fingerprint density at radius 1 is 0.810 bits per heavy atom. The van der Waals surface area contributed by atoms with Gasteiger partial charge in [-0.3, -0.25) is 9.59 Å². The van der Waals surface area contributed by atoms with E-state index in [1.165, 1.54) is 34.4 Å².